The van der Waals surface area contributed by atoms with Crippen molar-refractivity contribution in [1.82, 2.24) is 0 Å². The molecule has 4 heteroatoms. The molecule has 3 aromatic carbocycles. The van der Waals surface area contributed by atoms with E-state index in [-0.39, 0.29) is 0 Å². The molecule has 0 unspecified atom stereocenters. The number of halogens is 3. The fourth-order valence-electron chi connectivity index (χ4n) is 2.61. The van der Waals surface area contributed by atoms with Crippen LogP contribution in [0.15, 0.2) is 78.9 Å². The van der Waals surface area contributed by atoms with Crippen molar-refractivity contribution in [2.45, 2.75) is 13.1 Å². The van der Waals surface area contributed by atoms with E-state index in [1.807, 2.05) is 67.6 Å². The zero-order chi connectivity index (χ0) is 17.2. The van der Waals surface area contributed by atoms with E-state index in [0.29, 0.717) is 0 Å². The molecule has 0 fully saturated rings. The summed E-state index contributed by atoms with van der Waals surface area (Å²) in [6.45, 7) is 1.87. The van der Waals surface area contributed by atoms with Gasteiger partial charge in [0.05, 0.1) is 5.56 Å². The predicted octanol–water partition coefficient (Wildman–Crippen LogP) is 4.77. The molecule has 0 atom stereocenters. The minimum absolute atomic E-state index is 0.595. The van der Waals surface area contributed by atoms with Crippen LogP contribution in [0, 0.1) is 6.92 Å². The maximum absolute atomic E-state index is 13.2. The Morgan fingerprint density at radius 1 is 0.708 bits per heavy atom. The molecule has 0 spiro atoms. The summed E-state index contributed by atoms with van der Waals surface area (Å²) >= 11 is 0. The third-order valence-corrected chi connectivity index (χ3v) is 6.40. The quantitative estimate of drug-likeness (QED) is 0.600. The minimum atomic E-state index is -4.34. The molecule has 0 aromatic heterocycles. The summed E-state index contributed by atoms with van der Waals surface area (Å²) in [7, 11) is -1.03. The Morgan fingerprint density at radius 2 is 1.21 bits per heavy atom. The summed E-state index contributed by atoms with van der Waals surface area (Å²) in [5.74, 6) is 0. The van der Waals surface area contributed by atoms with E-state index in [1.165, 1.54) is 6.07 Å². The van der Waals surface area contributed by atoms with Gasteiger partial charge in [-0.1, -0.05) is 66.7 Å². The highest BCUT2D eigenvalue weighted by molar-refractivity contribution is 7.79. The molecule has 0 amide bonds. The Labute approximate surface area is 140 Å². The largest absolute Gasteiger partial charge is 0.416 e. The maximum atomic E-state index is 13.2. The number of hydrogen-bond acceptors (Lipinski definition) is 0. The lowest BCUT2D eigenvalue weighted by Crippen LogP contribution is -2.23. The van der Waals surface area contributed by atoms with Crippen LogP contribution in [0.4, 0.5) is 13.2 Å². The van der Waals surface area contributed by atoms with Gasteiger partial charge in [0.2, 0.25) is 0 Å². The molecule has 0 bridgehead atoms. The van der Waals surface area contributed by atoms with Crippen LogP contribution in [0.1, 0.15) is 11.1 Å². The molecule has 0 radical (unpaired) electrons. The Morgan fingerprint density at radius 3 is 1.67 bits per heavy atom. The summed E-state index contributed by atoms with van der Waals surface area (Å²) in [6.07, 6.45) is -4.34. The van der Waals surface area contributed by atoms with Crippen molar-refractivity contribution in [3.05, 3.63) is 90.0 Å². The molecule has 0 nitrogen and oxygen atoms in total. The predicted molar refractivity (Wildman–Crippen MR) is 94.9 cm³/mol. The summed E-state index contributed by atoms with van der Waals surface area (Å²) in [5, 5.41) is 2.83. The molecule has 0 aliphatic rings. The van der Waals surface area contributed by atoms with Crippen LogP contribution < -0.4 is 15.9 Å². The van der Waals surface area contributed by atoms with Crippen LogP contribution in [-0.2, 0) is 6.18 Å². The van der Waals surface area contributed by atoms with Gasteiger partial charge in [-0.3, -0.25) is 0 Å². The third kappa shape index (κ3) is 3.52. The summed E-state index contributed by atoms with van der Waals surface area (Å²) in [4.78, 5) is 0. The van der Waals surface area contributed by atoms with Crippen molar-refractivity contribution >= 4 is 23.8 Å². The molecule has 0 heterocycles. The van der Waals surface area contributed by atoms with Crippen molar-refractivity contribution in [2.75, 3.05) is 0 Å². The first-order valence-electron chi connectivity index (χ1n) is 7.55. The van der Waals surface area contributed by atoms with E-state index in [2.05, 4.69) is 0 Å². The van der Waals surface area contributed by atoms with E-state index in [4.69, 9.17) is 0 Å². The second kappa shape index (κ2) is 6.78. The third-order valence-electron chi connectivity index (χ3n) is 3.81. The Bertz CT molecular complexity index is 772. The van der Waals surface area contributed by atoms with Crippen molar-refractivity contribution in [1.29, 1.82) is 0 Å². The van der Waals surface area contributed by atoms with Crippen molar-refractivity contribution in [3.8, 4) is 0 Å². The van der Waals surface area contributed by atoms with Crippen molar-refractivity contribution < 1.29 is 13.2 Å². The second-order valence-electron chi connectivity index (χ2n) is 5.51. The Kier molecular flexibility index (Phi) is 4.73. The fourth-order valence-corrected chi connectivity index (χ4v) is 5.10. The summed E-state index contributed by atoms with van der Waals surface area (Å²) in [5.41, 5.74) is 0.282. The molecular formula is C20H16F3P. The van der Waals surface area contributed by atoms with Gasteiger partial charge in [-0.05, 0) is 48.5 Å². The smallest absolute Gasteiger partial charge is 0.166 e. The number of rotatable bonds is 3. The topological polar surface area (TPSA) is 0 Å². The lowest BCUT2D eigenvalue weighted by molar-refractivity contribution is -0.137. The molecule has 3 aromatic rings. The Balaban J connectivity index is 2.20. The van der Waals surface area contributed by atoms with Gasteiger partial charge in [0, 0.05) is 0 Å². The number of aryl methyl sites for hydroxylation is 1. The first-order chi connectivity index (χ1) is 11.5. The van der Waals surface area contributed by atoms with Gasteiger partial charge in [0.1, 0.15) is 0 Å². The SMILES string of the molecule is Cc1ccc(C(F)(F)F)cc1P(c1ccccc1)c1ccccc1. The van der Waals surface area contributed by atoms with Gasteiger partial charge in [-0.25, -0.2) is 0 Å². The lowest BCUT2D eigenvalue weighted by Gasteiger charge is -2.22. The van der Waals surface area contributed by atoms with Gasteiger partial charge in [-0.15, -0.1) is 0 Å². The molecule has 24 heavy (non-hydrogen) atoms. The van der Waals surface area contributed by atoms with E-state index < -0.39 is 19.7 Å². The fraction of sp³-hybridized carbons (Fsp3) is 0.100. The first-order valence-corrected chi connectivity index (χ1v) is 8.89. The number of hydrogen-bond donors (Lipinski definition) is 0. The molecule has 0 aliphatic heterocycles. The molecule has 0 N–H and O–H groups in total. The standard InChI is InChI=1S/C20H16F3P/c1-15-12-13-16(20(21,22)23)14-19(15)24(17-8-4-2-5-9-17)18-10-6-3-7-11-18/h2-14H,1H3. The highest BCUT2D eigenvalue weighted by Crippen LogP contribution is 2.37. The van der Waals surface area contributed by atoms with Gasteiger partial charge in [0.15, 0.2) is 0 Å². The van der Waals surface area contributed by atoms with Crippen LogP contribution in [0.5, 0.6) is 0 Å². The zero-order valence-corrected chi connectivity index (χ0v) is 14.0. The summed E-state index contributed by atoms with van der Waals surface area (Å²) in [6, 6.07) is 23.5. The average molecular weight is 344 g/mol. The molecule has 0 aliphatic carbocycles. The van der Waals surface area contributed by atoms with Crippen LogP contribution >= 0.6 is 7.92 Å². The minimum Gasteiger partial charge on any atom is -0.166 e. The first kappa shape index (κ1) is 16.7. The van der Waals surface area contributed by atoms with E-state index in [1.54, 1.807) is 6.07 Å². The monoisotopic (exact) mass is 344 g/mol. The average Bonchev–Trinajstić information content (AvgIpc) is 2.58. The Hall–Kier alpha value is -2.12. The lowest BCUT2D eigenvalue weighted by atomic mass is 10.1. The van der Waals surface area contributed by atoms with Crippen LogP contribution in [0.3, 0.4) is 0 Å². The van der Waals surface area contributed by atoms with Gasteiger partial charge in [-0.2, -0.15) is 13.2 Å². The van der Waals surface area contributed by atoms with Crippen LogP contribution in [0.25, 0.3) is 0 Å². The van der Waals surface area contributed by atoms with Gasteiger partial charge < -0.3 is 0 Å². The molecule has 0 saturated carbocycles. The molecule has 0 saturated heterocycles. The van der Waals surface area contributed by atoms with E-state index >= 15 is 0 Å². The zero-order valence-electron chi connectivity index (χ0n) is 13.1. The summed E-state index contributed by atoms with van der Waals surface area (Å²) < 4.78 is 39.5. The highest BCUT2D eigenvalue weighted by Gasteiger charge is 2.32. The van der Waals surface area contributed by atoms with Crippen LogP contribution in [0.2, 0.25) is 0 Å². The van der Waals surface area contributed by atoms with E-state index in [9.17, 15) is 13.2 Å². The molecule has 3 rings (SSSR count). The van der Waals surface area contributed by atoms with Crippen molar-refractivity contribution in [3.63, 3.8) is 0 Å². The number of alkyl halides is 3. The van der Waals surface area contributed by atoms with Gasteiger partial charge in [0.25, 0.3) is 0 Å². The normalized spacial score (nSPS) is 11.7. The number of benzene rings is 3. The second-order valence-corrected chi connectivity index (χ2v) is 7.69. The van der Waals surface area contributed by atoms with Crippen LogP contribution in [-0.4, -0.2) is 0 Å². The van der Waals surface area contributed by atoms with Gasteiger partial charge >= 0.3 is 6.18 Å². The van der Waals surface area contributed by atoms with Crippen molar-refractivity contribution in [2.24, 2.45) is 0 Å². The maximum Gasteiger partial charge on any atom is 0.416 e. The van der Waals surface area contributed by atoms with E-state index in [0.717, 1.165) is 27.5 Å². The molecule has 122 valence electrons. The highest BCUT2D eigenvalue weighted by atomic mass is 31.1. The molecular weight excluding hydrogens is 328 g/mol.